The van der Waals surface area contributed by atoms with Crippen molar-refractivity contribution in [3.05, 3.63) is 29.3 Å². The van der Waals surface area contributed by atoms with Crippen molar-refractivity contribution in [2.24, 2.45) is 17.8 Å². The summed E-state index contributed by atoms with van der Waals surface area (Å²) < 4.78 is 4.56. The molecule has 9 heteroatoms. The van der Waals surface area contributed by atoms with Crippen LogP contribution in [0.4, 0.5) is 5.69 Å². The van der Waals surface area contributed by atoms with E-state index in [1.165, 1.54) is 4.90 Å². The summed E-state index contributed by atoms with van der Waals surface area (Å²) in [6, 6.07) is 5.99. The van der Waals surface area contributed by atoms with Crippen LogP contribution in [0, 0.1) is 17.8 Å². The first-order valence-corrected chi connectivity index (χ1v) is 11.4. The number of rotatable bonds is 6. The predicted molar refractivity (Wildman–Crippen MR) is 114 cm³/mol. The average molecular weight is 453 g/mol. The maximum absolute atomic E-state index is 13.5. The first-order chi connectivity index (χ1) is 14.3. The second kappa shape index (κ2) is 8.05. The van der Waals surface area contributed by atoms with Gasteiger partial charge in [0.15, 0.2) is 0 Å². The first kappa shape index (κ1) is 21.5. The van der Waals surface area contributed by atoms with Gasteiger partial charge in [-0.15, -0.1) is 11.8 Å². The second-order valence-electron chi connectivity index (χ2n) is 8.06. The fourth-order valence-electron chi connectivity index (χ4n) is 5.42. The molecule has 3 unspecified atom stereocenters. The van der Waals surface area contributed by atoms with E-state index in [4.69, 9.17) is 16.3 Å². The van der Waals surface area contributed by atoms with Crippen LogP contribution in [0.5, 0.6) is 0 Å². The molecular weight excluding hydrogens is 428 g/mol. The molecule has 2 amide bonds. The van der Waals surface area contributed by atoms with E-state index in [1.54, 1.807) is 43.0 Å². The van der Waals surface area contributed by atoms with Crippen molar-refractivity contribution >= 4 is 46.8 Å². The standard InChI is InChI=1S/C21H25ClN2O5S/c1-3-29-20(28)15-14-10-11(2)21(30-14)16(15)19(27)24(8-9-25)17(21)18(26)23-13-6-4-12(22)5-7-13/h4-7,11,14-17,25H,3,8-10H2,1-2H3,(H,23,26)/t11?,14-,15+,16-,17?,21?/m0/s1. The Morgan fingerprint density at radius 3 is 2.70 bits per heavy atom. The van der Waals surface area contributed by atoms with Gasteiger partial charge in [0.1, 0.15) is 6.04 Å². The maximum atomic E-state index is 13.5. The molecule has 162 valence electrons. The monoisotopic (exact) mass is 452 g/mol. The first-order valence-electron chi connectivity index (χ1n) is 10.2. The number of halogens is 1. The van der Waals surface area contributed by atoms with E-state index in [1.807, 2.05) is 6.92 Å². The minimum atomic E-state index is -0.776. The normalized spacial score (nSPS) is 34.2. The number of benzene rings is 1. The highest BCUT2D eigenvalue weighted by Crippen LogP contribution is 2.68. The molecule has 1 aromatic carbocycles. The number of aliphatic hydroxyl groups excluding tert-OH is 1. The van der Waals surface area contributed by atoms with Crippen LogP contribution in [0.15, 0.2) is 24.3 Å². The van der Waals surface area contributed by atoms with Crippen LogP contribution in [-0.4, -0.2) is 63.6 Å². The zero-order valence-corrected chi connectivity index (χ0v) is 18.4. The average Bonchev–Trinajstić information content (AvgIpc) is 3.28. The molecular formula is C21H25ClN2O5S. The highest BCUT2D eigenvalue weighted by Gasteiger charge is 2.76. The van der Waals surface area contributed by atoms with Crippen molar-refractivity contribution < 1.29 is 24.2 Å². The van der Waals surface area contributed by atoms with Crippen LogP contribution >= 0.6 is 23.4 Å². The number of thioether (sulfide) groups is 1. The van der Waals surface area contributed by atoms with Gasteiger partial charge in [0.25, 0.3) is 0 Å². The third kappa shape index (κ3) is 3.11. The molecule has 3 aliphatic heterocycles. The molecule has 0 saturated carbocycles. The molecule has 30 heavy (non-hydrogen) atoms. The highest BCUT2D eigenvalue weighted by atomic mass is 35.5. The van der Waals surface area contributed by atoms with E-state index >= 15 is 0 Å². The van der Waals surface area contributed by atoms with Crippen LogP contribution in [0.2, 0.25) is 5.02 Å². The van der Waals surface area contributed by atoms with E-state index in [0.717, 1.165) is 6.42 Å². The SMILES string of the molecule is CCOC(=O)[C@@H]1[C@@H]2CC(C)C3(S2)C(C(=O)Nc2ccc(Cl)cc2)N(CCO)C(=O)[C@H]13. The fourth-order valence-corrected chi connectivity index (χ4v) is 7.95. The fraction of sp³-hybridized carbons (Fsp3) is 0.571. The van der Waals surface area contributed by atoms with Crippen molar-refractivity contribution in [1.29, 1.82) is 0 Å². The predicted octanol–water partition coefficient (Wildman–Crippen LogP) is 2.17. The van der Waals surface area contributed by atoms with Crippen molar-refractivity contribution in [3.8, 4) is 0 Å². The van der Waals surface area contributed by atoms with Crippen molar-refractivity contribution in [1.82, 2.24) is 4.90 Å². The lowest BCUT2D eigenvalue weighted by atomic mass is 9.66. The summed E-state index contributed by atoms with van der Waals surface area (Å²) in [6.07, 6.45) is 0.746. The van der Waals surface area contributed by atoms with Gasteiger partial charge in [-0.05, 0) is 43.5 Å². The van der Waals surface area contributed by atoms with Crippen LogP contribution in [0.3, 0.4) is 0 Å². The van der Waals surface area contributed by atoms with Gasteiger partial charge in [0.2, 0.25) is 11.8 Å². The topological polar surface area (TPSA) is 95.9 Å². The summed E-state index contributed by atoms with van der Waals surface area (Å²) in [5, 5.41) is 13.0. The Balaban J connectivity index is 1.71. The molecule has 0 radical (unpaired) electrons. The quantitative estimate of drug-likeness (QED) is 0.642. The summed E-state index contributed by atoms with van der Waals surface area (Å²) >= 11 is 7.51. The lowest BCUT2D eigenvalue weighted by Crippen LogP contribution is -2.54. The van der Waals surface area contributed by atoms with E-state index in [9.17, 15) is 19.5 Å². The van der Waals surface area contributed by atoms with Gasteiger partial charge in [0, 0.05) is 22.5 Å². The number of nitrogens with one attached hydrogen (secondary N) is 1. The van der Waals surface area contributed by atoms with Crippen LogP contribution in [-0.2, 0) is 19.1 Å². The van der Waals surface area contributed by atoms with Gasteiger partial charge >= 0.3 is 5.97 Å². The van der Waals surface area contributed by atoms with Crippen LogP contribution in [0.1, 0.15) is 20.3 Å². The van der Waals surface area contributed by atoms with E-state index in [2.05, 4.69) is 5.32 Å². The molecule has 0 aromatic heterocycles. The second-order valence-corrected chi connectivity index (χ2v) is 10.0. The highest BCUT2D eigenvalue weighted by molar-refractivity contribution is 8.02. The number of anilines is 1. The van der Waals surface area contributed by atoms with Gasteiger partial charge in [-0.25, -0.2) is 0 Å². The number of nitrogens with zero attached hydrogens (tertiary/aromatic N) is 1. The van der Waals surface area contributed by atoms with Crippen LogP contribution < -0.4 is 5.32 Å². The number of likely N-dealkylation sites (tertiary alicyclic amines) is 1. The summed E-state index contributed by atoms with van der Waals surface area (Å²) in [5.41, 5.74) is 0.577. The molecule has 3 fully saturated rings. The molecule has 2 bridgehead atoms. The summed E-state index contributed by atoms with van der Waals surface area (Å²) in [5.74, 6) is -2.05. The Labute approximate surface area is 184 Å². The number of ether oxygens (including phenoxy) is 1. The Morgan fingerprint density at radius 1 is 1.37 bits per heavy atom. The molecule has 1 spiro atoms. The molecule has 2 N–H and O–H groups in total. The molecule has 3 saturated heterocycles. The zero-order chi connectivity index (χ0) is 21.6. The number of esters is 1. The number of carbonyl (C=O) groups is 3. The maximum Gasteiger partial charge on any atom is 0.310 e. The molecule has 4 rings (SSSR count). The summed E-state index contributed by atoms with van der Waals surface area (Å²) in [4.78, 5) is 41.1. The summed E-state index contributed by atoms with van der Waals surface area (Å²) in [6.45, 7) is 3.82. The van der Waals surface area contributed by atoms with E-state index < -0.39 is 22.6 Å². The third-order valence-corrected chi connectivity index (χ3v) is 8.83. The Hall–Kier alpha value is -1.77. The van der Waals surface area contributed by atoms with E-state index in [-0.39, 0.29) is 48.7 Å². The Morgan fingerprint density at radius 2 is 2.07 bits per heavy atom. The minimum absolute atomic E-state index is 0.0449. The molecule has 3 heterocycles. The Kier molecular flexibility index (Phi) is 5.76. The van der Waals surface area contributed by atoms with Gasteiger partial charge in [0.05, 0.1) is 29.8 Å². The number of aliphatic hydroxyl groups is 1. The van der Waals surface area contributed by atoms with Gasteiger partial charge in [-0.2, -0.15) is 0 Å². The Bertz CT molecular complexity index is 865. The molecule has 3 aliphatic rings. The van der Waals surface area contributed by atoms with Crippen molar-refractivity contribution in [3.63, 3.8) is 0 Å². The largest absolute Gasteiger partial charge is 0.466 e. The molecule has 1 aromatic rings. The lowest BCUT2D eigenvalue weighted by molar-refractivity contribution is -0.154. The number of hydrogen-bond donors (Lipinski definition) is 2. The van der Waals surface area contributed by atoms with Crippen LogP contribution in [0.25, 0.3) is 0 Å². The number of carbonyl (C=O) groups excluding carboxylic acids is 3. The van der Waals surface area contributed by atoms with Crippen molar-refractivity contribution in [2.45, 2.75) is 36.3 Å². The smallest absolute Gasteiger partial charge is 0.310 e. The van der Waals surface area contributed by atoms with Gasteiger partial charge in [-0.3, -0.25) is 14.4 Å². The molecule has 0 aliphatic carbocycles. The summed E-state index contributed by atoms with van der Waals surface area (Å²) in [7, 11) is 0. The lowest BCUT2D eigenvalue weighted by Gasteiger charge is -2.38. The number of hydrogen-bond acceptors (Lipinski definition) is 6. The number of amides is 2. The van der Waals surface area contributed by atoms with Crippen molar-refractivity contribution in [2.75, 3.05) is 25.1 Å². The molecule has 7 nitrogen and oxygen atoms in total. The number of fused-ring (bicyclic) bond motifs is 1. The van der Waals surface area contributed by atoms with Gasteiger partial charge < -0.3 is 20.1 Å². The molecule has 6 atom stereocenters. The zero-order valence-electron chi connectivity index (χ0n) is 16.8. The third-order valence-electron chi connectivity index (χ3n) is 6.51. The van der Waals surface area contributed by atoms with E-state index in [0.29, 0.717) is 10.7 Å². The minimum Gasteiger partial charge on any atom is -0.466 e. The number of β-amino-alcohol motifs (C(OH)–C–C–N with tert-alkyl or cyclic N) is 1. The van der Waals surface area contributed by atoms with Gasteiger partial charge in [-0.1, -0.05) is 18.5 Å².